The number of nitrogens with zero attached hydrogens (tertiary/aromatic N) is 4. The molecule has 2 aromatic heterocycles. The quantitative estimate of drug-likeness (QED) is 0.416. The van der Waals surface area contributed by atoms with Crippen LogP contribution in [0.3, 0.4) is 0 Å². The summed E-state index contributed by atoms with van der Waals surface area (Å²) in [6.45, 7) is 0. The van der Waals surface area contributed by atoms with E-state index < -0.39 is 11.6 Å². The Morgan fingerprint density at radius 3 is 1.91 bits per heavy atom. The van der Waals surface area contributed by atoms with Gasteiger partial charge in [0.2, 0.25) is 0 Å². The molecule has 0 aliphatic rings. The lowest BCUT2D eigenvalue weighted by atomic mass is 10.6. The summed E-state index contributed by atoms with van der Waals surface area (Å²) in [5.41, 5.74) is 6.56. The number of nitrogens with one attached hydrogen (secondary N) is 1. The second kappa shape index (κ2) is 11.2. The number of nitrogen functional groups attached to an aromatic ring is 1. The van der Waals surface area contributed by atoms with E-state index in [-0.39, 0.29) is 23.0 Å². The first-order valence-electron chi connectivity index (χ1n) is 5.84. The second-order valence-electron chi connectivity index (χ2n) is 3.19. The van der Waals surface area contributed by atoms with Crippen LogP contribution in [0.4, 0.5) is 14.6 Å². The van der Waals surface area contributed by atoms with Gasteiger partial charge in [-0.2, -0.15) is 9.97 Å². The topological polar surface area (TPSA) is 134 Å². The van der Waals surface area contributed by atoms with Gasteiger partial charge in [0, 0.05) is 0 Å². The van der Waals surface area contributed by atoms with Crippen LogP contribution >= 0.6 is 11.6 Å². The predicted octanol–water partition coefficient (Wildman–Crippen LogP) is 0.762. The van der Waals surface area contributed by atoms with Crippen molar-refractivity contribution in [2.45, 2.75) is 0 Å². The van der Waals surface area contributed by atoms with Crippen molar-refractivity contribution >= 4 is 17.4 Å². The van der Waals surface area contributed by atoms with Gasteiger partial charge in [-0.1, -0.05) is 11.6 Å². The standard InChI is InChI=1S/C5H4ClFN2O.C5H7FN4O.CH5N/c1-10-5-8-2-3(7)4(6)9-5;1-11-5-8-2-3(6)4(9-5)10-7;1-2/h2H,1H3;2H,7H2,1H3,(H,8,9,10);2H2,1H3. The van der Waals surface area contributed by atoms with Gasteiger partial charge in [-0.05, 0) is 7.05 Å². The molecule has 0 radical (unpaired) electrons. The summed E-state index contributed by atoms with van der Waals surface area (Å²) in [7, 11) is 4.26. The lowest BCUT2D eigenvalue weighted by Crippen LogP contribution is -2.11. The molecule has 0 aliphatic heterocycles. The smallest absolute Gasteiger partial charge is 0.318 e. The number of hydrazine groups is 1. The zero-order valence-corrected chi connectivity index (χ0v) is 13.3. The van der Waals surface area contributed by atoms with Gasteiger partial charge < -0.3 is 20.6 Å². The van der Waals surface area contributed by atoms with Crippen LogP contribution in [0.15, 0.2) is 12.4 Å². The SMILES string of the molecule is CN.COc1ncc(F)c(Cl)n1.COc1ncc(F)c(NN)n1. The van der Waals surface area contributed by atoms with Gasteiger partial charge in [0.05, 0.1) is 26.6 Å². The van der Waals surface area contributed by atoms with E-state index in [9.17, 15) is 8.78 Å². The molecule has 0 aromatic carbocycles. The highest BCUT2D eigenvalue weighted by Crippen LogP contribution is 2.12. The van der Waals surface area contributed by atoms with Gasteiger partial charge in [-0.25, -0.2) is 24.6 Å². The van der Waals surface area contributed by atoms with E-state index in [2.05, 4.69) is 40.6 Å². The van der Waals surface area contributed by atoms with E-state index in [1.54, 1.807) is 0 Å². The van der Waals surface area contributed by atoms with Gasteiger partial charge in [-0.15, -0.1) is 0 Å². The molecule has 0 spiro atoms. The number of hydrogen-bond acceptors (Lipinski definition) is 9. The molecule has 0 amide bonds. The minimum Gasteiger partial charge on any atom is -0.467 e. The third-order valence-corrected chi connectivity index (χ3v) is 2.17. The molecule has 2 heterocycles. The molecule has 0 bridgehead atoms. The maximum Gasteiger partial charge on any atom is 0.318 e. The fourth-order valence-electron chi connectivity index (χ4n) is 0.980. The Bertz CT molecular complexity index is 607. The minimum absolute atomic E-state index is 0.0615. The highest BCUT2D eigenvalue weighted by molar-refractivity contribution is 6.29. The van der Waals surface area contributed by atoms with Crippen molar-refractivity contribution in [3.8, 4) is 12.0 Å². The Labute approximate surface area is 136 Å². The lowest BCUT2D eigenvalue weighted by Gasteiger charge is -2.01. The summed E-state index contributed by atoms with van der Waals surface area (Å²) in [5, 5.41) is -0.230. The summed E-state index contributed by atoms with van der Waals surface area (Å²) in [4.78, 5) is 14.0. The zero-order chi connectivity index (χ0) is 17.8. The van der Waals surface area contributed by atoms with Crippen LogP contribution in [0.25, 0.3) is 0 Å². The largest absolute Gasteiger partial charge is 0.467 e. The first kappa shape index (κ1) is 20.6. The molecular formula is C11H16ClF2N7O2. The van der Waals surface area contributed by atoms with Crippen molar-refractivity contribution in [2.24, 2.45) is 11.6 Å². The highest BCUT2D eigenvalue weighted by Gasteiger charge is 2.04. The van der Waals surface area contributed by atoms with Crippen LogP contribution in [0, 0.1) is 11.6 Å². The number of rotatable bonds is 3. The molecule has 0 fully saturated rings. The Hall–Kier alpha value is -2.37. The third-order valence-electron chi connectivity index (χ3n) is 1.90. The summed E-state index contributed by atoms with van der Waals surface area (Å²) in [5.74, 6) is 3.58. The fraction of sp³-hybridized carbons (Fsp3) is 0.273. The molecule has 0 aliphatic carbocycles. The van der Waals surface area contributed by atoms with Crippen molar-refractivity contribution in [3.63, 3.8) is 0 Å². The molecule has 2 aromatic rings. The van der Waals surface area contributed by atoms with Crippen molar-refractivity contribution in [2.75, 3.05) is 26.7 Å². The van der Waals surface area contributed by atoms with Crippen molar-refractivity contribution in [1.82, 2.24) is 19.9 Å². The van der Waals surface area contributed by atoms with Crippen molar-refractivity contribution in [3.05, 3.63) is 29.2 Å². The molecule has 2 rings (SSSR count). The number of anilines is 1. The van der Waals surface area contributed by atoms with Gasteiger partial charge >= 0.3 is 12.0 Å². The number of nitrogens with two attached hydrogens (primary N) is 2. The summed E-state index contributed by atoms with van der Waals surface area (Å²) >= 11 is 5.29. The van der Waals surface area contributed by atoms with E-state index in [4.69, 9.17) is 17.4 Å². The van der Waals surface area contributed by atoms with E-state index >= 15 is 0 Å². The molecule has 5 N–H and O–H groups in total. The van der Waals surface area contributed by atoms with Gasteiger partial charge in [0.25, 0.3) is 0 Å². The molecular weight excluding hydrogens is 336 g/mol. The summed E-state index contributed by atoms with van der Waals surface area (Å²) in [6, 6.07) is 0.130. The lowest BCUT2D eigenvalue weighted by molar-refractivity contribution is 0.376. The first-order valence-corrected chi connectivity index (χ1v) is 6.22. The van der Waals surface area contributed by atoms with Gasteiger partial charge in [0.15, 0.2) is 22.6 Å². The Balaban J connectivity index is 0.000000381. The van der Waals surface area contributed by atoms with E-state index in [1.165, 1.54) is 21.3 Å². The number of hydrogen-bond donors (Lipinski definition) is 3. The fourth-order valence-corrected chi connectivity index (χ4v) is 1.10. The van der Waals surface area contributed by atoms with Gasteiger partial charge in [-0.3, -0.25) is 0 Å². The maximum atomic E-state index is 12.6. The van der Waals surface area contributed by atoms with Crippen LogP contribution < -0.4 is 26.5 Å². The molecule has 128 valence electrons. The van der Waals surface area contributed by atoms with Gasteiger partial charge in [0.1, 0.15) is 0 Å². The predicted molar refractivity (Wildman–Crippen MR) is 80.0 cm³/mol. The van der Waals surface area contributed by atoms with Crippen LogP contribution in [-0.4, -0.2) is 41.2 Å². The van der Waals surface area contributed by atoms with Crippen LogP contribution in [0.1, 0.15) is 0 Å². The molecule has 0 unspecified atom stereocenters. The summed E-state index contributed by atoms with van der Waals surface area (Å²) in [6.07, 6.45) is 1.93. The maximum absolute atomic E-state index is 12.6. The molecule has 0 atom stereocenters. The Kier molecular flexibility index (Phi) is 10.1. The average molecular weight is 352 g/mol. The average Bonchev–Trinajstić information content (AvgIpc) is 2.60. The Morgan fingerprint density at radius 1 is 1.00 bits per heavy atom. The molecule has 12 heteroatoms. The summed E-state index contributed by atoms with van der Waals surface area (Å²) < 4.78 is 34.1. The number of halogens is 3. The zero-order valence-electron chi connectivity index (χ0n) is 12.5. The molecule has 23 heavy (non-hydrogen) atoms. The highest BCUT2D eigenvalue weighted by atomic mass is 35.5. The van der Waals surface area contributed by atoms with Crippen LogP contribution in [0.5, 0.6) is 12.0 Å². The third kappa shape index (κ3) is 6.95. The van der Waals surface area contributed by atoms with Crippen molar-refractivity contribution in [1.29, 1.82) is 0 Å². The molecule has 9 nitrogen and oxygen atoms in total. The van der Waals surface area contributed by atoms with E-state index in [0.29, 0.717) is 0 Å². The van der Waals surface area contributed by atoms with Crippen molar-refractivity contribution < 1.29 is 18.3 Å². The minimum atomic E-state index is -0.650. The molecule has 0 saturated heterocycles. The van der Waals surface area contributed by atoms with E-state index in [0.717, 1.165) is 12.4 Å². The first-order chi connectivity index (χ1) is 11.0. The number of ether oxygens (including phenoxy) is 2. The number of aromatic nitrogens is 4. The monoisotopic (exact) mass is 351 g/mol. The van der Waals surface area contributed by atoms with Crippen LogP contribution in [0.2, 0.25) is 5.15 Å². The Morgan fingerprint density at radius 2 is 1.48 bits per heavy atom. The molecule has 0 saturated carbocycles. The second-order valence-corrected chi connectivity index (χ2v) is 3.55. The normalized spacial score (nSPS) is 8.87. The van der Waals surface area contributed by atoms with Crippen LogP contribution in [-0.2, 0) is 0 Å². The van der Waals surface area contributed by atoms with E-state index in [1.807, 2.05) is 0 Å². The number of methoxy groups -OCH3 is 2.